The van der Waals surface area contributed by atoms with Crippen molar-refractivity contribution in [2.24, 2.45) is 15.4 Å². The lowest BCUT2D eigenvalue weighted by molar-refractivity contribution is -0.177. The first-order valence-electron chi connectivity index (χ1n) is 8.65. The van der Waals surface area contributed by atoms with Crippen LogP contribution in [0, 0.1) is 0 Å². The maximum absolute atomic E-state index is 11.6. The molecule has 13 heteroatoms. The molecule has 0 N–H and O–H groups in total. The van der Waals surface area contributed by atoms with Gasteiger partial charge in [0.1, 0.15) is 6.61 Å². The van der Waals surface area contributed by atoms with Crippen molar-refractivity contribution in [2.75, 3.05) is 12.5 Å². The molecule has 1 saturated heterocycles. The summed E-state index contributed by atoms with van der Waals surface area (Å²) in [5, 5.41) is 12.5. The van der Waals surface area contributed by atoms with Crippen LogP contribution in [0.15, 0.2) is 52.1 Å². The van der Waals surface area contributed by atoms with E-state index in [1.54, 1.807) is 24.3 Å². The second-order valence-electron chi connectivity index (χ2n) is 5.78. The van der Waals surface area contributed by atoms with Crippen molar-refractivity contribution in [3.63, 3.8) is 0 Å². The highest BCUT2D eigenvalue weighted by atomic mass is 32.2. The van der Waals surface area contributed by atoms with Crippen molar-refractivity contribution >= 4 is 47.6 Å². The summed E-state index contributed by atoms with van der Waals surface area (Å²) in [7, 11) is 0. The fourth-order valence-corrected chi connectivity index (χ4v) is 3.38. The third-order valence-corrected chi connectivity index (χ3v) is 5.24. The topological polar surface area (TPSA) is 120 Å². The van der Waals surface area contributed by atoms with Crippen LogP contribution in [0.1, 0.15) is 18.4 Å². The van der Waals surface area contributed by atoms with Gasteiger partial charge in [0.15, 0.2) is 0 Å². The van der Waals surface area contributed by atoms with E-state index in [0.717, 1.165) is 0 Å². The van der Waals surface area contributed by atoms with Crippen LogP contribution in [0.25, 0.3) is 0 Å². The van der Waals surface area contributed by atoms with Crippen LogP contribution in [0.2, 0.25) is 0 Å². The van der Waals surface area contributed by atoms with Gasteiger partial charge in [-0.1, -0.05) is 22.3 Å². The number of aromatic nitrogens is 2. The first-order chi connectivity index (χ1) is 14.5. The lowest BCUT2D eigenvalue weighted by Crippen LogP contribution is -2.32. The Bertz CT molecular complexity index is 990. The number of imidazole rings is 1. The maximum Gasteiger partial charge on any atom is 0.534 e. The first-order valence-corrected chi connectivity index (χ1v) is 11.0. The molecule has 1 aromatic heterocycles. The molecule has 1 aliphatic heterocycles. The second-order valence-corrected chi connectivity index (χ2v) is 7.30. The summed E-state index contributed by atoms with van der Waals surface area (Å²) >= 11 is 2.99. The highest BCUT2D eigenvalue weighted by molar-refractivity contribution is 7.97. The minimum absolute atomic E-state index is 0.0226. The molecule has 30 heavy (non-hydrogen) atoms. The van der Waals surface area contributed by atoms with Crippen molar-refractivity contribution in [1.29, 1.82) is 0 Å². The molecule has 0 aliphatic carbocycles. The van der Waals surface area contributed by atoms with Gasteiger partial charge in [0.05, 0.1) is 5.69 Å². The Labute approximate surface area is 180 Å². The van der Waals surface area contributed by atoms with Crippen molar-refractivity contribution < 1.29 is 24.0 Å². The zero-order valence-electron chi connectivity index (χ0n) is 16.1. The van der Waals surface area contributed by atoms with E-state index in [1.807, 2.05) is 32.9 Å². The van der Waals surface area contributed by atoms with Gasteiger partial charge in [-0.15, -0.1) is 5.11 Å². The van der Waals surface area contributed by atoms with Crippen LogP contribution in [0.3, 0.4) is 0 Å². The number of amides is 2. The molecule has 158 valence electrons. The summed E-state index contributed by atoms with van der Waals surface area (Å²) in [6.07, 6.45) is 6.54. The minimum atomic E-state index is -1.12. The Morgan fingerprint density at radius 3 is 2.20 bits per heavy atom. The van der Waals surface area contributed by atoms with Crippen LogP contribution in [-0.4, -0.2) is 43.5 Å². The lowest BCUT2D eigenvalue weighted by atomic mass is 10.2. The summed E-state index contributed by atoms with van der Waals surface area (Å²) in [5.41, 5.74) is 1.87. The van der Waals surface area contributed by atoms with Crippen molar-refractivity contribution in [2.45, 2.75) is 19.4 Å². The Morgan fingerprint density at radius 1 is 1.03 bits per heavy atom. The molecule has 3 rings (SSSR count). The lowest BCUT2D eigenvalue weighted by Gasteiger charge is -2.12. The highest BCUT2D eigenvalue weighted by Gasteiger charge is 2.33. The molecule has 2 heterocycles. The van der Waals surface area contributed by atoms with Crippen molar-refractivity contribution in [3.05, 3.63) is 47.8 Å². The maximum atomic E-state index is 11.6. The predicted molar refractivity (Wildman–Crippen MR) is 109 cm³/mol. The summed E-state index contributed by atoms with van der Waals surface area (Å²) in [5.74, 6) is -1.13. The van der Waals surface area contributed by atoms with Gasteiger partial charge in [-0.3, -0.25) is 22.4 Å². The number of hydrogen-bond donors (Lipinski definition) is 0. The van der Waals surface area contributed by atoms with Crippen molar-refractivity contribution in [1.82, 2.24) is 13.0 Å². The number of hydrogen-bond acceptors (Lipinski definition) is 9. The van der Waals surface area contributed by atoms with Gasteiger partial charge >= 0.3 is 6.16 Å². The third-order valence-electron chi connectivity index (χ3n) is 3.88. The first kappa shape index (κ1) is 21.6. The van der Waals surface area contributed by atoms with E-state index >= 15 is 0 Å². The fraction of sp³-hybridized carbons (Fsp3) is 0.294. The van der Waals surface area contributed by atoms with Crippen LogP contribution < -0.4 is 5.62 Å². The van der Waals surface area contributed by atoms with Crippen LogP contribution in [0.5, 0.6) is 0 Å². The Kier molecular flexibility index (Phi) is 7.30. The van der Waals surface area contributed by atoms with Gasteiger partial charge in [0, 0.05) is 37.7 Å². The molecule has 1 aromatic carbocycles. The van der Waals surface area contributed by atoms with E-state index < -0.39 is 18.0 Å². The fourth-order valence-electron chi connectivity index (χ4n) is 2.40. The normalized spacial score (nSPS) is 13.9. The number of rotatable bonds is 7. The largest absolute Gasteiger partial charge is 0.534 e. The molecule has 1 aliphatic rings. The predicted octanol–water partition coefficient (Wildman–Crippen LogP) is 2.86. The Hall–Kier alpha value is -3.06. The zero-order valence-corrected chi connectivity index (χ0v) is 17.8. The van der Waals surface area contributed by atoms with E-state index in [9.17, 15) is 14.4 Å². The Balaban J connectivity index is 1.55. The van der Waals surface area contributed by atoms with Crippen LogP contribution in [-0.2, 0) is 25.8 Å². The van der Waals surface area contributed by atoms with Gasteiger partial charge in [-0.2, -0.15) is 0 Å². The van der Waals surface area contributed by atoms with E-state index in [-0.39, 0.29) is 19.4 Å². The zero-order chi connectivity index (χ0) is 21.5. The monoisotopic (exact) mass is 450 g/mol. The van der Waals surface area contributed by atoms with Gasteiger partial charge < -0.3 is 4.74 Å². The molecule has 2 amide bonds. The molecule has 0 radical (unpaired) electrons. The van der Waals surface area contributed by atoms with E-state index in [4.69, 9.17) is 4.74 Å². The molecular weight excluding hydrogens is 432 g/mol. The van der Waals surface area contributed by atoms with Crippen LogP contribution in [0.4, 0.5) is 10.5 Å². The van der Waals surface area contributed by atoms with E-state index in [0.29, 0.717) is 21.9 Å². The molecule has 1 fully saturated rings. The minimum Gasteiger partial charge on any atom is -0.428 e. The van der Waals surface area contributed by atoms with Crippen molar-refractivity contribution in [3.8, 4) is 0 Å². The number of benzene rings is 1. The van der Waals surface area contributed by atoms with Crippen LogP contribution >= 0.6 is 23.9 Å². The molecule has 0 bridgehead atoms. The number of carbonyl (C=O) groups is 3. The smallest absolute Gasteiger partial charge is 0.428 e. The molecule has 2 aromatic rings. The van der Waals surface area contributed by atoms with Gasteiger partial charge in [0.25, 0.3) is 17.4 Å². The summed E-state index contributed by atoms with van der Waals surface area (Å²) in [6.45, 7) is -0.0915. The standard InChI is InChI=1S/C17H18N6O5S2/c1-29-21-9-10-22(30-2)16(21)19-20-18-13-5-3-12(4-6-13)11-27-17(26)28-23-14(24)7-8-15(23)25/h3-6,9-10H,7-8,11H2,1-2H3. The number of nitrogens with zero attached hydrogens (tertiary/aromatic N) is 6. The summed E-state index contributed by atoms with van der Waals surface area (Å²) in [4.78, 5) is 39.1. The number of imide groups is 1. The third kappa shape index (κ3) is 5.30. The number of ether oxygens (including phenoxy) is 1. The quantitative estimate of drug-likeness (QED) is 0.275. The van der Waals surface area contributed by atoms with Gasteiger partial charge in [0.2, 0.25) is 0 Å². The average Bonchev–Trinajstić information content (AvgIpc) is 3.30. The highest BCUT2D eigenvalue weighted by Crippen LogP contribution is 2.16. The van der Waals surface area contributed by atoms with E-state index in [1.165, 1.54) is 23.9 Å². The summed E-state index contributed by atoms with van der Waals surface area (Å²) < 4.78 is 8.64. The van der Waals surface area contributed by atoms with E-state index in [2.05, 4.69) is 20.3 Å². The molecular formula is C17H18N6O5S2. The second kappa shape index (κ2) is 10.1. The average molecular weight is 451 g/mol. The molecule has 0 atom stereocenters. The van der Waals surface area contributed by atoms with Gasteiger partial charge in [-0.05, 0) is 46.8 Å². The molecule has 0 spiro atoms. The Morgan fingerprint density at radius 2 is 1.63 bits per heavy atom. The molecule has 0 unspecified atom stereocenters. The summed E-state index contributed by atoms with van der Waals surface area (Å²) in [6, 6.07) is 6.76. The molecule has 0 saturated carbocycles. The number of carbonyl (C=O) groups excluding carboxylic acids is 3. The van der Waals surface area contributed by atoms with Gasteiger partial charge in [-0.25, -0.2) is 4.79 Å². The molecule has 11 nitrogen and oxygen atoms in total. The SMILES string of the molecule is CSn1ccn(SC)c1=NN=Nc1ccc(COC(=O)ON2C(=O)CCC2=O)cc1. The number of hydroxylamine groups is 2.